The van der Waals surface area contributed by atoms with E-state index in [9.17, 15) is 0 Å². The maximum absolute atomic E-state index is 8.74. The number of nitrogens with two attached hydrogens (primary N) is 2. The minimum absolute atomic E-state index is 0. The Morgan fingerprint density at radius 1 is 1.10 bits per heavy atom. The van der Waals surface area contributed by atoms with E-state index in [0.717, 1.165) is 0 Å². The van der Waals surface area contributed by atoms with E-state index in [0.29, 0.717) is 13.1 Å². The van der Waals surface area contributed by atoms with E-state index >= 15 is 0 Å². The molecule has 0 rings (SSSR count). The van der Waals surface area contributed by atoms with Gasteiger partial charge in [-0.15, -0.1) is 0 Å². The van der Waals surface area contributed by atoms with Gasteiger partial charge in [-0.1, -0.05) is 0 Å². The summed E-state index contributed by atoms with van der Waals surface area (Å²) in [4.78, 5) is 0. The van der Waals surface area contributed by atoms with E-state index < -0.39 is 10.4 Å². The molecule has 0 spiro atoms. The summed E-state index contributed by atoms with van der Waals surface area (Å²) in [5.74, 6) is 0. The summed E-state index contributed by atoms with van der Waals surface area (Å²) in [6.07, 6.45) is 0. The topological polar surface area (TPSA) is 127 Å². The molecule has 1 radical (unpaired) electrons. The summed E-state index contributed by atoms with van der Waals surface area (Å²) in [6.45, 7) is 1.19. The first-order chi connectivity index (χ1) is 3.91. The van der Waals surface area contributed by atoms with Gasteiger partial charge in [-0.3, -0.25) is 9.11 Å². The first-order valence-electron chi connectivity index (χ1n) is 2.01. The van der Waals surface area contributed by atoms with Crippen molar-refractivity contribution >= 4 is 10.4 Å². The van der Waals surface area contributed by atoms with Crippen molar-refractivity contribution in [1.82, 2.24) is 0 Å². The molecule has 0 atom stereocenters. The molecule has 0 aliphatic heterocycles. The van der Waals surface area contributed by atoms with Crippen molar-refractivity contribution in [2.24, 2.45) is 11.5 Å². The van der Waals surface area contributed by atoms with Gasteiger partial charge >= 0.3 is 10.4 Å². The van der Waals surface area contributed by atoms with Crippen molar-refractivity contribution < 1.29 is 36.1 Å². The molecule has 0 aromatic carbocycles. The van der Waals surface area contributed by atoms with E-state index in [4.69, 9.17) is 29.0 Å². The van der Waals surface area contributed by atoms with Crippen LogP contribution in [0.3, 0.4) is 0 Å². The monoisotopic (exact) mass is 209 g/mol. The minimum Gasteiger partial charge on any atom is -0.329 e. The maximum atomic E-state index is 8.74. The van der Waals surface area contributed by atoms with E-state index in [1.807, 2.05) is 0 Å². The van der Waals surface area contributed by atoms with Crippen molar-refractivity contribution in [3.63, 3.8) is 0 Å². The van der Waals surface area contributed by atoms with Crippen LogP contribution in [-0.2, 0) is 29.0 Å². The smallest absolute Gasteiger partial charge is 0.329 e. The van der Waals surface area contributed by atoms with Crippen molar-refractivity contribution in [2.45, 2.75) is 0 Å². The second-order valence-electron chi connectivity index (χ2n) is 1.03. The Hall–Kier alpha value is 0.374. The minimum atomic E-state index is -4.67. The molecule has 0 heterocycles. The predicted molar refractivity (Wildman–Crippen MR) is 32.3 cm³/mol. The third-order valence-electron chi connectivity index (χ3n) is 0.167. The SMILES string of the molecule is NCCN.O=S(=O)(O)O.[V]. The van der Waals surface area contributed by atoms with Gasteiger partial charge in [0.15, 0.2) is 0 Å². The van der Waals surface area contributed by atoms with Crippen LogP contribution in [0.2, 0.25) is 0 Å². The molecule has 6 nitrogen and oxygen atoms in total. The summed E-state index contributed by atoms with van der Waals surface area (Å²) in [7, 11) is -4.67. The fourth-order valence-electron chi connectivity index (χ4n) is 0. The van der Waals surface area contributed by atoms with Crippen LogP contribution in [0.5, 0.6) is 0 Å². The largest absolute Gasteiger partial charge is 0.394 e. The van der Waals surface area contributed by atoms with Gasteiger partial charge in [0, 0.05) is 31.6 Å². The Labute approximate surface area is 71.4 Å². The molecule has 0 aromatic rings. The molecule has 0 aliphatic rings. The zero-order chi connectivity index (χ0) is 7.91. The van der Waals surface area contributed by atoms with Crippen LogP contribution >= 0.6 is 0 Å². The van der Waals surface area contributed by atoms with Gasteiger partial charge in [-0.05, 0) is 0 Å². The second kappa shape index (κ2) is 9.37. The Balaban J connectivity index is -0.0000000910. The first kappa shape index (κ1) is 16.8. The average Bonchev–Trinajstić information content (AvgIpc) is 1.61. The number of hydrogen-bond acceptors (Lipinski definition) is 4. The summed E-state index contributed by atoms with van der Waals surface area (Å²) in [6, 6.07) is 0. The van der Waals surface area contributed by atoms with E-state index in [1.165, 1.54) is 0 Å². The fourth-order valence-corrected chi connectivity index (χ4v) is 0. The molecule has 0 aliphatic carbocycles. The normalized spacial score (nSPS) is 8.80. The molecule has 0 amide bonds. The molecule has 6 N–H and O–H groups in total. The van der Waals surface area contributed by atoms with Crippen LogP contribution in [0.4, 0.5) is 0 Å². The molecule has 0 fully saturated rings. The summed E-state index contributed by atoms with van der Waals surface area (Å²) < 4.78 is 31.6. The van der Waals surface area contributed by atoms with Gasteiger partial charge in [0.2, 0.25) is 0 Å². The van der Waals surface area contributed by atoms with Gasteiger partial charge in [-0.2, -0.15) is 8.42 Å². The van der Waals surface area contributed by atoms with Crippen LogP contribution in [0, 0.1) is 0 Å². The Kier molecular flexibility index (Phi) is 15.7. The zero-order valence-corrected chi connectivity index (χ0v) is 7.35. The first-order valence-corrected chi connectivity index (χ1v) is 3.41. The summed E-state index contributed by atoms with van der Waals surface area (Å²) in [5, 5.41) is 0. The van der Waals surface area contributed by atoms with E-state index in [1.54, 1.807) is 0 Å². The molecule has 0 bridgehead atoms. The van der Waals surface area contributed by atoms with Crippen LogP contribution in [0.1, 0.15) is 0 Å². The summed E-state index contributed by atoms with van der Waals surface area (Å²) >= 11 is 0. The molecule has 8 heteroatoms. The van der Waals surface area contributed by atoms with Gasteiger partial charge in [-0.25, -0.2) is 0 Å². The molecule has 63 valence electrons. The second-order valence-corrected chi connectivity index (χ2v) is 1.92. The Morgan fingerprint density at radius 2 is 1.20 bits per heavy atom. The maximum Gasteiger partial charge on any atom is 0.394 e. The van der Waals surface area contributed by atoms with Crippen molar-refractivity contribution in [3.8, 4) is 0 Å². The summed E-state index contributed by atoms with van der Waals surface area (Å²) in [5.41, 5.74) is 9.81. The van der Waals surface area contributed by atoms with Crippen molar-refractivity contribution in [2.75, 3.05) is 13.1 Å². The van der Waals surface area contributed by atoms with Crippen LogP contribution in [0.25, 0.3) is 0 Å². The van der Waals surface area contributed by atoms with Gasteiger partial charge in [0.25, 0.3) is 0 Å². The molecule has 0 saturated heterocycles. The molecule has 0 saturated carbocycles. The van der Waals surface area contributed by atoms with Gasteiger partial charge < -0.3 is 11.5 Å². The Bertz CT molecular complexity index is 124. The molecular formula is C2H10N2O4SV. The third-order valence-corrected chi connectivity index (χ3v) is 0.167. The predicted octanol–water partition coefficient (Wildman–Crippen LogP) is -1.75. The quantitative estimate of drug-likeness (QED) is 0.379. The average molecular weight is 209 g/mol. The molecule has 10 heavy (non-hydrogen) atoms. The van der Waals surface area contributed by atoms with Crippen LogP contribution in [-0.4, -0.2) is 30.6 Å². The fraction of sp³-hybridized carbons (Fsp3) is 1.00. The number of hydrogen-bond donors (Lipinski definition) is 4. The third kappa shape index (κ3) is 241. The van der Waals surface area contributed by atoms with Gasteiger partial charge in [0.05, 0.1) is 0 Å². The molecule has 0 aromatic heterocycles. The van der Waals surface area contributed by atoms with Gasteiger partial charge in [0.1, 0.15) is 0 Å². The Morgan fingerprint density at radius 3 is 1.20 bits per heavy atom. The molecule has 0 unspecified atom stereocenters. The molecular weight excluding hydrogens is 199 g/mol. The van der Waals surface area contributed by atoms with E-state index in [-0.39, 0.29) is 18.6 Å². The zero-order valence-electron chi connectivity index (χ0n) is 5.14. The van der Waals surface area contributed by atoms with Crippen LogP contribution < -0.4 is 11.5 Å². The standard InChI is InChI=1S/C2H8N2.H2O4S.V/c3-1-2-4;1-5(2,3)4;/h1-4H2;(H2,1,2,3,4);. The van der Waals surface area contributed by atoms with Crippen molar-refractivity contribution in [3.05, 3.63) is 0 Å². The van der Waals surface area contributed by atoms with Crippen LogP contribution in [0.15, 0.2) is 0 Å². The van der Waals surface area contributed by atoms with Crippen molar-refractivity contribution in [1.29, 1.82) is 0 Å². The van der Waals surface area contributed by atoms with E-state index in [2.05, 4.69) is 0 Å². The number of rotatable bonds is 1.